The van der Waals surface area contributed by atoms with E-state index in [9.17, 15) is 9.59 Å². The molecule has 0 bridgehead atoms. The summed E-state index contributed by atoms with van der Waals surface area (Å²) in [4.78, 5) is 33.2. The second-order valence-corrected chi connectivity index (χ2v) is 6.63. The predicted molar refractivity (Wildman–Crippen MR) is 110 cm³/mol. The number of para-hydroxylation sites is 2. The second kappa shape index (κ2) is 9.88. The Labute approximate surface area is 170 Å². The molecule has 0 radical (unpaired) electrons. The molecule has 0 atom stereocenters. The van der Waals surface area contributed by atoms with E-state index < -0.39 is 0 Å². The number of ether oxygens (including phenoxy) is 2. The van der Waals surface area contributed by atoms with Gasteiger partial charge in [0.05, 0.1) is 19.4 Å². The lowest BCUT2D eigenvalue weighted by Gasteiger charge is -2.36. The van der Waals surface area contributed by atoms with E-state index in [0.29, 0.717) is 44.9 Å². The van der Waals surface area contributed by atoms with E-state index in [0.717, 1.165) is 11.4 Å². The average molecular weight is 398 g/mol. The summed E-state index contributed by atoms with van der Waals surface area (Å²) in [7, 11) is 3.23. The van der Waals surface area contributed by atoms with Crippen LogP contribution in [0.4, 0.5) is 5.69 Å². The van der Waals surface area contributed by atoms with Gasteiger partial charge in [0.15, 0.2) is 0 Å². The van der Waals surface area contributed by atoms with Crippen molar-refractivity contribution in [3.05, 3.63) is 53.9 Å². The Bertz CT molecular complexity index is 850. The van der Waals surface area contributed by atoms with E-state index in [2.05, 4.69) is 15.2 Å². The van der Waals surface area contributed by atoms with Crippen molar-refractivity contribution in [2.45, 2.75) is 0 Å². The van der Waals surface area contributed by atoms with Crippen LogP contribution in [0.15, 0.2) is 42.6 Å². The number of hydrogen-bond donors (Lipinski definition) is 1. The molecule has 0 saturated carbocycles. The van der Waals surface area contributed by atoms with Crippen molar-refractivity contribution in [3.8, 4) is 5.75 Å². The predicted octanol–water partition coefficient (Wildman–Crippen LogP) is 1.43. The molecular weight excluding hydrogens is 372 g/mol. The monoisotopic (exact) mass is 398 g/mol. The number of benzene rings is 1. The summed E-state index contributed by atoms with van der Waals surface area (Å²) < 4.78 is 10.4. The first-order valence-corrected chi connectivity index (χ1v) is 9.54. The molecule has 2 heterocycles. The number of hydrogen-bond acceptors (Lipinski definition) is 6. The molecule has 1 saturated heterocycles. The van der Waals surface area contributed by atoms with E-state index in [-0.39, 0.29) is 17.5 Å². The second-order valence-electron chi connectivity index (χ2n) is 6.63. The van der Waals surface area contributed by atoms with Crippen LogP contribution in [0.1, 0.15) is 20.8 Å². The molecule has 0 unspecified atom stereocenters. The van der Waals surface area contributed by atoms with Crippen molar-refractivity contribution in [3.63, 3.8) is 0 Å². The minimum Gasteiger partial charge on any atom is -0.495 e. The van der Waals surface area contributed by atoms with Crippen molar-refractivity contribution in [2.24, 2.45) is 0 Å². The number of amides is 2. The summed E-state index contributed by atoms with van der Waals surface area (Å²) in [6, 6.07) is 11.0. The first kappa shape index (κ1) is 20.6. The van der Waals surface area contributed by atoms with E-state index in [1.807, 2.05) is 24.3 Å². The van der Waals surface area contributed by atoms with E-state index >= 15 is 0 Å². The van der Waals surface area contributed by atoms with Gasteiger partial charge in [-0.2, -0.15) is 0 Å². The molecule has 1 N–H and O–H groups in total. The first-order chi connectivity index (χ1) is 14.1. The van der Waals surface area contributed by atoms with Crippen LogP contribution >= 0.6 is 0 Å². The maximum absolute atomic E-state index is 12.9. The number of anilines is 1. The highest BCUT2D eigenvalue weighted by Crippen LogP contribution is 2.28. The normalized spacial score (nSPS) is 13.9. The molecule has 1 aliphatic rings. The van der Waals surface area contributed by atoms with E-state index in [1.165, 1.54) is 12.3 Å². The first-order valence-electron chi connectivity index (χ1n) is 9.54. The lowest BCUT2D eigenvalue weighted by Crippen LogP contribution is -2.49. The molecule has 0 aliphatic carbocycles. The number of carbonyl (C=O) groups is 2. The van der Waals surface area contributed by atoms with Gasteiger partial charge in [-0.25, -0.2) is 0 Å². The van der Waals surface area contributed by atoms with Gasteiger partial charge in [-0.15, -0.1) is 0 Å². The van der Waals surface area contributed by atoms with Crippen LogP contribution in [0.5, 0.6) is 5.75 Å². The topological polar surface area (TPSA) is 84.0 Å². The lowest BCUT2D eigenvalue weighted by molar-refractivity contribution is 0.0740. The van der Waals surface area contributed by atoms with Gasteiger partial charge in [0, 0.05) is 51.6 Å². The quantitative estimate of drug-likeness (QED) is 0.711. The van der Waals surface area contributed by atoms with Crippen molar-refractivity contribution in [1.82, 2.24) is 15.2 Å². The molecule has 3 rings (SSSR count). The van der Waals surface area contributed by atoms with Gasteiger partial charge < -0.3 is 24.6 Å². The highest BCUT2D eigenvalue weighted by Gasteiger charge is 2.25. The Hall–Kier alpha value is -3.13. The fourth-order valence-electron chi connectivity index (χ4n) is 3.26. The molecule has 8 heteroatoms. The SMILES string of the molecule is COCCNC(=O)c1ccnc(C(=O)N2CCN(c3ccccc3OC)CC2)c1. The van der Waals surface area contributed by atoms with Crippen LogP contribution in [-0.4, -0.2) is 75.2 Å². The lowest BCUT2D eigenvalue weighted by atomic mass is 10.2. The fourth-order valence-corrected chi connectivity index (χ4v) is 3.26. The zero-order valence-corrected chi connectivity index (χ0v) is 16.8. The highest BCUT2D eigenvalue weighted by molar-refractivity contribution is 5.98. The summed E-state index contributed by atoms with van der Waals surface area (Å²) >= 11 is 0. The molecule has 154 valence electrons. The minimum absolute atomic E-state index is 0.170. The number of piperazine rings is 1. The third kappa shape index (κ3) is 5.03. The molecule has 2 amide bonds. The van der Waals surface area contributed by atoms with Gasteiger partial charge in [0.2, 0.25) is 0 Å². The molecule has 29 heavy (non-hydrogen) atoms. The maximum atomic E-state index is 12.9. The van der Waals surface area contributed by atoms with Crippen molar-refractivity contribution < 1.29 is 19.1 Å². The van der Waals surface area contributed by atoms with Crippen LogP contribution < -0.4 is 15.0 Å². The number of pyridine rings is 1. The molecule has 1 aromatic carbocycles. The van der Waals surface area contributed by atoms with Gasteiger partial charge in [-0.3, -0.25) is 14.6 Å². The largest absolute Gasteiger partial charge is 0.495 e. The van der Waals surface area contributed by atoms with Crippen molar-refractivity contribution in [2.75, 3.05) is 58.5 Å². The summed E-state index contributed by atoms with van der Waals surface area (Å²) in [5.41, 5.74) is 1.71. The summed E-state index contributed by atoms with van der Waals surface area (Å²) in [6.07, 6.45) is 1.49. The zero-order chi connectivity index (χ0) is 20.6. The van der Waals surface area contributed by atoms with Crippen molar-refractivity contribution in [1.29, 1.82) is 0 Å². The standard InChI is InChI=1S/C21H26N4O4/c1-28-14-9-23-20(26)16-7-8-22-17(15-16)21(27)25-12-10-24(11-13-25)18-5-3-4-6-19(18)29-2/h3-8,15H,9-14H2,1-2H3,(H,23,26). The van der Waals surface area contributed by atoms with Crippen LogP contribution in [0.3, 0.4) is 0 Å². The number of nitrogens with zero attached hydrogens (tertiary/aromatic N) is 3. The Balaban J connectivity index is 1.62. The Morgan fingerprint density at radius 1 is 1.10 bits per heavy atom. The van der Waals surface area contributed by atoms with Crippen LogP contribution in [0, 0.1) is 0 Å². The maximum Gasteiger partial charge on any atom is 0.272 e. The molecule has 1 aliphatic heterocycles. The van der Waals surface area contributed by atoms with Crippen molar-refractivity contribution >= 4 is 17.5 Å². The molecule has 0 spiro atoms. The van der Waals surface area contributed by atoms with Gasteiger partial charge in [0.1, 0.15) is 11.4 Å². The number of carbonyl (C=O) groups excluding carboxylic acids is 2. The van der Waals surface area contributed by atoms with E-state index in [1.54, 1.807) is 25.2 Å². The van der Waals surface area contributed by atoms with Crippen LogP contribution in [0.2, 0.25) is 0 Å². The molecule has 1 fully saturated rings. The average Bonchev–Trinajstić information content (AvgIpc) is 2.79. The van der Waals surface area contributed by atoms with Gasteiger partial charge >= 0.3 is 0 Å². The number of rotatable bonds is 7. The third-order valence-corrected chi connectivity index (χ3v) is 4.83. The minimum atomic E-state index is -0.250. The Kier molecular flexibility index (Phi) is 7.02. The van der Waals surface area contributed by atoms with E-state index in [4.69, 9.17) is 9.47 Å². The fraction of sp³-hybridized carbons (Fsp3) is 0.381. The third-order valence-electron chi connectivity index (χ3n) is 4.83. The Morgan fingerprint density at radius 3 is 2.59 bits per heavy atom. The summed E-state index contributed by atoms with van der Waals surface area (Å²) in [5, 5.41) is 2.75. The zero-order valence-electron chi connectivity index (χ0n) is 16.8. The van der Waals surface area contributed by atoms with Gasteiger partial charge in [0.25, 0.3) is 11.8 Å². The highest BCUT2D eigenvalue weighted by atomic mass is 16.5. The molecule has 8 nitrogen and oxygen atoms in total. The number of aromatic nitrogens is 1. The van der Waals surface area contributed by atoms with Crippen LogP contribution in [0.25, 0.3) is 0 Å². The summed E-state index contributed by atoms with van der Waals surface area (Å²) in [6.45, 7) is 3.38. The van der Waals surface area contributed by atoms with Gasteiger partial charge in [-0.05, 0) is 24.3 Å². The van der Waals surface area contributed by atoms with Crippen LogP contribution in [-0.2, 0) is 4.74 Å². The molecular formula is C21H26N4O4. The molecule has 2 aromatic rings. The summed E-state index contributed by atoms with van der Waals surface area (Å²) in [5.74, 6) is 0.400. The molecule has 1 aromatic heterocycles. The Morgan fingerprint density at radius 2 is 1.86 bits per heavy atom. The van der Waals surface area contributed by atoms with Gasteiger partial charge in [-0.1, -0.05) is 12.1 Å². The smallest absolute Gasteiger partial charge is 0.272 e. The number of nitrogens with one attached hydrogen (secondary N) is 1. The number of methoxy groups -OCH3 is 2.